The van der Waals surface area contributed by atoms with Gasteiger partial charge >= 0.3 is 12.0 Å². The van der Waals surface area contributed by atoms with Crippen LogP contribution in [0.2, 0.25) is 0 Å². The molecule has 0 N–H and O–H groups in total. The van der Waals surface area contributed by atoms with Crippen molar-refractivity contribution in [2.75, 3.05) is 31.2 Å². The Bertz CT molecular complexity index is 343. The van der Waals surface area contributed by atoms with E-state index in [9.17, 15) is 0 Å². The zero-order valence-electron chi connectivity index (χ0n) is 12.3. The third-order valence-corrected chi connectivity index (χ3v) is 2.40. The van der Waals surface area contributed by atoms with Gasteiger partial charge in [0.1, 0.15) is 0 Å². The van der Waals surface area contributed by atoms with Gasteiger partial charge in [0, 0.05) is 13.1 Å². The van der Waals surface area contributed by atoms with Crippen LogP contribution in [-0.4, -0.2) is 41.3 Å². The van der Waals surface area contributed by atoms with Crippen LogP contribution < -0.4 is 14.4 Å². The Morgan fingerprint density at radius 1 is 0.789 bits per heavy atom. The molecule has 0 saturated heterocycles. The molecule has 1 aromatic heterocycles. The number of hydrogen-bond donors (Lipinski definition) is 0. The van der Waals surface area contributed by atoms with E-state index in [-0.39, 0.29) is 0 Å². The minimum absolute atomic E-state index is 0.327. The van der Waals surface area contributed by atoms with Crippen molar-refractivity contribution < 1.29 is 9.47 Å². The lowest BCUT2D eigenvalue weighted by Gasteiger charge is -2.21. The smallest absolute Gasteiger partial charge is 0.324 e. The molecule has 0 saturated carbocycles. The molecule has 0 aromatic carbocycles. The molecule has 0 aliphatic rings. The molecule has 0 atom stereocenters. The lowest BCUT2D eigenvalue weighted by atomic mass is 10.4. The van der Waals surface area contributed by atoms with Crippen molar-refractivity contribution in [3.63, 3.8) is 0 Å². The SMILES string of the molecule is CCCN(CCC)c1nc(OCC)nc(OCC)n1. The van der Waals surface area contributed by atoms with Crippen molar-refractivity contribution in [3.8, 4) is 12.0 Å². The molecule has 1 rings (SSSR count). The minimum Gasteiger partial charge on any atom is -0.464 e. The summed E-state index contributed by atoms with van der Waals surface area (Å²) in [4.78, 5) is 14.9. The van der Waals surface area contributed by atoms with Crippen LogP contribution in [-0.2, 0) is 0 Å². The van der Waals surface area contributed by atoms with Crippen molar-refractivity contribution in [2.45, 2.75) is 40.5 Å². The Kier molecular flexibility index (Phi) is 6.92. The Labute approximate surface area is 115 Å². The van der Waals surface area contributed by atoms with Crippen LogP contribution in [0.3, 0.4) is 0 Å². The van der Waals surface area contributed by atoms with Crippen LogP contribution in [0.15, 0.2) is 0 Å². The van der Waals surface area contributed by atoms with Gasteiger partial charge < -0.3 is 14.4 Å². The van der Waals surface area contributed by atoms with Crippen molar-refractivity contribution in [2.24, 2.45) is 0 Å². The molecular formula is C13H24N4O2. The van der Waals surface area contributed by atoms with E-state index < -0.39 is 0 Å². The van der Waals surface area contributed by atoms with Crippen LogP contribution in [0.1, 0.15) is 40.5 Å². The highest BCUT2D eigenvalue weighted by Crippen LogP contribution is 2.17. The first-order valence-electron chi connectivity index (χ1n) is 7.01. The average Bonchev–Trinajstić information content (AvgIpc) is 2.39. The lowest BCUT2D eigenvalue weighted by molar-refractivity contribution is 0.279. The number of ether oxygens (including phenoxy) is 2. The molecule has 108 valence electrons. The van der Waals surface area contributed by atoms with Gasteiger partial charge in [0.15, 0.2) is 0 Å². The van der Waals surface area contributed by atoms with Crippen molar-refractivity contribution in [3.05, 3.63) is 0 Å². The fraction of sp³-hybridized carbons (Fsp3) is 0.769. The van der Waals surface area contributed by atoms with E-state index in [0.717, 1.165) is 25.9 Å². The highest BCUT2D eigenvalue weighted by molar-refractivity contribution is 5.32. The molecule has 1 heterocycles. The van der Waals surface area contributed by atoms with Gasteiger partial charge in [-0.2, -0.15) is 9.97 Å². The summed E-state index contributed by atoms with van der Waals surface area (Å²) in [5.74, 6) is 0.630. The number of nitrogens with zero attached hydrogens (tertiary/aromatic N) is 4. The average molecular weight is 268 g/mol. The van der Waals surface area contributed by atoms with Crippen LogP contribution in [0.25, 0.3) is 0 Å². The second-order valence-electron chi connectivity index (χ2n) is 4.05. The van der Waals surface area contributed by atoms with Gasteiger partial charge in [-0.3, -0.25) is 0 Å². The normalized spacial score (nSPS) is 10.3. The quantitative estimate of drug-likeness (QED) is 0.685. The first-order valence-corrected chi connectivity index (χ1v) is 7.01. The molecule has 0 bridgehead atoms. The Morgan fingerprint density at radius 2 is 1.26 bits per heavy atom. The highest BCUT2D eigenvalue weighted by atomic mass is 16.5. The van der Waals surface area contributed by atoms with Crippen molar-refractivity contribution >= 4 is 5.95 Å². The predicted molar refractivity (Wildman–Crippen MR) is 75.0 cm³/mol. The van der Waals surface area contributed by atoms with Gasteiger partial charge in [0.25, 0.3) is 0 Å². The van der Waals surface area contributed by atoms with Gasteiger partial charge in [0.2, 0.25) is 5.95 Å². The fourth-order valence-electron chi connectivity index (χ4n) is 1.71. The Morgan fingerprint density at radius 3 is 1.63 bits per heavy atom. The summed E-state index contributed by atoms with van der Waals surface area (Å²) in [7, 11) is 0. The van der Waals surface area contributed by atoms with Crippen molar-refractivity contribution in [1.29, 1.82) is 0 Å². The summed E-state index contributed by atoms with van der Waals surface area (Å²) in [6.07, 6.45) is 2.08. The second-order valence-corrected chi connectivity index (χ2v) is 4.05. The van der Waals surface area contributed by atoms with Gasteiger partial charge in [0.05, 0.1) is 13.2 Å². The highest BCUT2D eigenvalue weighted by Gasteiger charge is 2.13. The van der Waals surface area contributed by atoms with Gasteiger partial charge in [-0.25, -0.2) is 0 Å². The third kappa shape index (κ3) is 4.89. The van der Waals surface area contributed by atoms with E-state index in [4.69, 9.17) is 9.47 Å². The van der Waals surface area contributed by atoms with E-state index in [2.05, 4.69) is 33.7 Å². The largest absolute Gasteiger partial charge is 0.464 e. The standard InChI is InChI=1S/C13H24N4O2/c1-5-9-17(10-6-2)11-14-12(18-7-3)16-13(15-11)19-8-4/h5-10H2,1-4H3. The summed E-state index contributed by atoms with van der Waals surface area (Å²) < 4.78 is 10.7. The first-order chi connectivity index (χ1) is 9.24. The van der Waals surface area contributed by atoms with E-state index in [1.165, 1.54) is 0 Å². The van der Waals surface area contributed by atoms with Gasteiger partial charge in [-0.1, -0.05) is 13.8 Å². The summed E-state index contributed by atoms with van der Waals surface area (Å²) in [5, 5.41) is 0. The fourth-order valence-corrected chi connectivity index (χ4v) is 1.71. The zero-order valence-corrected chi connectivity index (χ0v) is 12.3. The molecule has 0 radical (unpaired) electrons. The zero-order chi connectivity index (χ0) is 14.1. The number of anilines is 1. The van der Waals surface area contributed by atoms with Crippen LogP contribution in [0.4, 0.5) is 5.95 Å². The van der Waals surface area contributed by atoms with Gasteiger partial charge in [-0.15, -0.1) is 4.98 Å². The van der Waals surface area contributed by atoms with E-state index in [0.29, 0.717) is 31.2 Å². The molecule has 6 nitrogen and oxygen atoms in total. The van der Waals surface area contributed by atoms with Crippen molar-refractivity contribution in [1.82, 2.24) is 15.0 Å². The Hall–Kier alpha value is -1.59. The molecule has 0 spiro atoms. The van der Waals surface area contributed by atoms with Crippen LogP contribution in [0.5, 0.6) is 12.0 Å². The molecule has 0 amide bonds. The van der Waals surface area contributed by atoms with Crippen LogP contribution in [0, 0.1) is 0 Å². The van der Waals surface area contributed by atoms with E-state index >= 15 is 0 Å². The molecule has 0 fully saturated rings. The predicted octanol–water partition coefficient (Wildman–Crippen LogP) is 2.30. The van der Waals surface area contributed by atoms with Crippen LogP contribution >= 0.6 is 0 Å². The first kappa shape index (κ1) is 15.5. The Balaban J connectivity index is 3.00. The number of aromatic nitrogens is 3. The molecular weight excluding hydrogens is 244 g/mol. The molecule has 1 aromatic rings. The van der Waals surface area contributed by atoms with E-state index in [1.807, 2.05) is 13.8 Å². The van der Waals surface area contributed by atoms with Gasteiger partial charge in [-0.05, 0) is 26.7 Å². The maximum Gasteiger partial charge on any atom is 0.324 e. The summed E-state index contributed by atoms with van der Waals surface area (Å²) in [6.45, 7) is 10.9. The molecule has 0 aliphatic carbocycles. The minimum atomic E-state index is 0.327. The maximum atomic E-state index is 5.37. The molecule has 0 aliphatic heterocycles. The summed E-state index contributed by atoms with van der Waals surface area (Å²) in [6, 6.07) is 0.654. The summed E-state index contributed by atoms with van der Waals surface area (Å²) in [5.41, 5.74) is 0. The van der Waals surface area contributed by atoms with E-state index in [1.54, 1.807) is 0 Å². The molecule has 19 heavy (non-hydrogen) atoms. The molecule has 0 unspecified atom stereocenters. The number of hydrogen-bond acceptors (Lipinski definition) is 6. The summed E-state index contributed by atoms with van der Waals surface area (Å²) >= 11 is 0. The topological polar surface area (TPSA) is 60.4 Å². The molecule has 6 heteroatoms. The monoisotopic (exact) mass is 268 g/mol. The lowest BCUT2D eigenvalue weighted by Crippen LogP contribution is -2.27. The third-order valence-electron chi connectivity index (χ3n) is 2.40. The maximum absolute atomic E-state index is 5.37. The number of rotatable bonds is 9. The second kappa shape index (κ2) is 8.50.